The third-order valence-electron chi connectivity index (χ3n) is 3.85. The van der Waals surface area contributed by atoms with E-state index in [-0.39, 0.29) is 5.95 Å². The van der Waals surface area contributed by atoms with Crippen molar-refractivity contribution >= 4 is 11.9 Å². The quantitative estimate of drug-likeness (QED) is 0.910. The number of hydrogen-bond donors (Lipinski definition) is 1. The molecule has 3 heterocycles. The SMILES string of the molecule is CCC1CCC(C)N1c1nc(N)nc(-n2ccnc2)n1. The zero-order chi connectivity index (χ0) is 14.1. The van der Waals surface area contributed by atoms with Crippen LogP contribution in [0.15, 0.2) is 18.7 Å². The first-order chi connectivity index (χ1) is 9.69. The van der Waals surface area contributed by atoms with Gasteiger partial charge in [-0.25, -0.2) is 4.98 Å². The Morgan fingerprint density at radius 2 is 2.05 bits per heavy atom. The summed E-state index contributed by atoms with van der Waals surface area (Å²) in [6, 6.07) is 0.903. The van der Waals surface area contributed by atoms with Crippen LogP contribution in [0.4, 0.5) is 11.9 Å². The summed E-state index contributed by atoms with van der Waals surface area (Å²) in [7, 11) is 0. The van der Waals surface area contributed by atoms with Crippen LogP contribution in [0.25, 0.3) is 5.95 Å². The van der Waals surface area contributed by atoms with E-state index in [1.54, 1.807) is 23.3 Å². The molecule has 0 spiro atoms. The minimum Gasteiger partial charge on any atom is -0.368 e. The van der Waals surface area contributed by atoms with E-state index >= 15 is 0 Å². The Hall–Kier alpha value is -2.18. The van der Waals surface area contributed by atoms with Gasteiger partial charge in [0, 0.05) is 24.5 Å². The molecular formula is C13H19N7. The molecule has 0 amide bonds. The first kappa shape index (κ1) is 12.8. The molecule has 106 valence electrons. The molecule has 2 aromatic heterocycles. The van der Waals surface area contributed by atoms with Crippen LogP contribution < -0.4 is 10.6 Å². The van der Waals surface area contributed by atoms with Gasteiger partial charge >= 0.3 is 0 Å². The fourth-order valence-corrected chi connectivity index (χ4v) is 2.81. The average Bonchev–Trinajstić information content (AvgIpc) is 3.06. The van der Waals surface area contributed by atoms with Crippen LogP contribution in [0.1, 0.15) is 33.1 Å². The monoisotopic (exact) mass is 273 g/mol. The van der Waals surface area contributed by atoms with Gasteiger partial charge in [0.1, 0.15) is 6.33 Å². The number of nitrogen functional groups attached to an aromatic ring is 1. The van der Waals surface area contributed by atoms with Crippen molar-refractivity contribution in [3.63, 3.8) is 0 Å². The first-order valence-corrected chi connectivity index (χ1v) is 6.97. The van der Waals surface area contributed by atoms with Gasteiger partial charge in [-0.2, -0.15) is 15.0 Å². The summed E-state index contributed by atoms with van der Waals surface area (Å²) in [4.78, 5) is 19.3. The largest absolute Gasteiger partial charge is 0.368 e. The van der Waals surface area contributed by atoms with Crippen LogP contribution in [-0.4, -0.2) is 36.6 Å². The lowest BCUT2D eigenvalue weighted by Crippen LogP contribution is -2.36. The molecule has 1 fully saturated rings. The van der Waals surface area contributed by atoms with Crippen LogP contribution >= 0.6 is 0 Å². The van der Waals surface area contributed by atoms with Crippen LogP contribution in [0.3, 0.4) is 0 Å². The lowest BCUT2D eigenvalue weighted by molar-refractivity contribution is 0.610. The Morgan fingerprint density at radius 3 is 2.75 bits per heavy atom. The van der Waals surface area contributed by atoms with Crippen molar-refractivity contribution in [2.24, 2.45) is 0 Å². The van der Waals surface area contributed by atoms with E-state index in [2.05, 4.69) is 38.7 Å². The second kappa shape index (κ2) is 5.07. The molecule has 1 aliphatic rings. The Kier molecular flexibility index (Phi) is 3.25. The number of nitrogens with two attached hydrogens (primary N) is 1. The molecule has 3 rings (SSSR count). The molecule has 0 saturated carbocycles. The molecule has 7 nitrogen and oxygen atoms in total. The van der Waals surface area contributed by atoms with E-state index in [0.717, 1.165) is 12.8 Å². The van der Waals surface area contributed by atoms with Crippen LogP contribution in [0.5, 0.6) is 0 Å². The van der Waals surface area contributed by atoms with Gasteiger partial charge in [0.25, 0.3) is 0 Å². The highest BCUT2D eigenvalue weighted by atomic mass is 15.4. The van der Waals surface area contributed by atoms with Gasteiger partial charge in [-0.05, 0) is 26.2 Å². The summed E-state index contributed by atoms with van der Waals surface area (Å²) < 4.78 is 1.74. The molecule has 1 saturated heterocycles. The minimum absolute atomic E-state index is 0.243. The Balaban J connectivity index is 2.01. The van der Waals surface area contributed by atoms with Gasteiger partial charge in [-0.15, -0.1) is 0 Å². The predicted molar refractivity (Wildman–Crippen MR) is 76.6 cm³/mol. The lowest BCUT2D eigenvalue weighted by Gasteiger charge is -2.28. The molecule has 2 atom stereocenters. The molecule has 20 heavy (non-hydrogen) atoms. The zero-order valence-electron chi connectivity index (χ0n) is 11.8. The number of hydrogen-bond acceptors (Lipinski definition) is 6. The van der Waals surface area contributed by atoms with Crippen LogP contribution in [-0.2, 0) is 0 Å². The van der Waals surface area contributed by atoms with Crippen molar-refractivity contribution < 1.29 is 0 Å². The summed E-state index contributed by atoms with van der Waals surface area (Å²) in [6.07, 6.45) is 8.55. The number of imidazole rings is 1. The number of aromatic nitrogens is 5. The third-order valence-corrected chi connectivity index (χ3v) is 3.85. The smallest absolute Gasteiger partial charge is 0.241 e. The normalized spacial score (nSPS) is 22.4. The number of rotatable bonds is 3. The van der Waals surface area contributed by atoms with Gasteiger partial charge in [-0.3, -0.25) is 4.57 Å². The van der Waals surface area contributed by atoms with Gasteiger partial charge in [0.2, 0.25) is 17.8 Å². The molecule has 0 bridgehead atoms. The maximum atomic E-state index is 5.84. The first-order valence-electron chi connectivity index (χ1n) is 6.97. The number of nitrogens with zero attached hydrogens (tertiary/aromatic N) is 6. The fourth-order valence-electron chi connectivity index (χ4n) is 2.81. The molecule has 2 unspecified atom stereocenters. The highest BCUT2D eigenvalue weighted by molar-refractivity contribution is 5.41. The van der Waals surface area contributed by atoms with Crippen molar-refractivity contribution in [3.8, 4) is 5.95 Å². The topological polar surface area (TPSA) is 85.8 Å². The molecule has 1 aliphatic heterocycles. The summed E-state index contributed by atoms with van der Waals surface area (Å²) in [5, 5.41) is 0. The fraction of sp³-hybridized carbons (Fsp3) is 0.538. The summed E-state index contributed by atoms with van der Waals surface area (Å²) in [6.45, 7) is 4.39. The summed E-state index contributed by atoms with van der Waals surface area (Å²) in [5.41, 5.74) is 5.84. The van der Waals surface area contributed by atoms with E-state index in [0.29, 0.717) is 24.0 Å². The van der Waals surface area contributed by atoms with E-state index in [9.17, 15) is 0 Å². The van der Waals surface area contributed by atoms with Crippen molar-refractivity contribution in [1.29, 1.82) is 0 Å². The highest BCUT2D eigenvalue weighted by Crippen LogP contribution is 2.30. The summed E-state index contributed by atoms with van der Waals surface area (Å²) in [5.74, 6) is 1.42. The second-order valence-electron chi connectivity index (χ2n) is 5.16. The van der Waals surface area contributed by atoms with Gasteiger partial charge in [-0.1, -0.05) is 6.92 Å². The third kappa shape index (κ3) is 2.19. The van der Waals surface area contributed by atoms with Gasteiger partial charge in [0.05, 0.1) is 0 Å². The standard InChI is InChI=1S/C13H19N7/c1-3-10-5-4-9(2)20(10)13-17-11(14)16-12(18-13)19-7-6-15-8-19/h6-10H,3-5H2,1-2H3,(H2,14,16,17,18). The van der Waals surface area contributed by atoms with E-state index in [1.807, 2.05) is 0 Å². The molecule has 2 aromatic rings. The van der Waals surface area contributed by atoms with Gasteiger partial charge < -0.3 is 10.6 Å². The molecular weight excluding hydrogens is 254 g/mol. The molecule has 2 N–H and O–H groups in total. The second-order valence-corrected chi connectivity index (χ2v) is 5.16. The molecule has 0 aromatic carbocycles. The lowest BCUT2D eigenvalue weighted by atomic mass is 10.2. The maximum absolute atomic E-state index is 5.84. The zero-order valence-corrected chi connectivity index (χ0v) is 11.8. The Bertz CT molecular complexity index is 580. The predicted octanol–water partition coefficient (Wildman–Crippen LogP) is 1.41. The molecule has 0 radical (unpaired) electrons. The molecule has 7 heteroatoms. The van der Waals surface area contributed by atoms with E-state index in [4.69, 9.17) is 5.73 Å². The van der Waals surface area contributed by atoms with E-state index < -0.39 is 0 Å². The van der Waals surface area contributed by atoms with Gasteiger partial charge in [0.15, 0.2) is 0 Å². The van der Waals surface area contributed by atoms with Crippen molar-refractivity contribution in [2.45, 2.75) is 45.2 Å². The van der Waals surface area contributed by atoms with Crippen LogP contribution in [0, 0.1) is 0 Å². The van der Waals surface area contributed by atoms with Crippen molar-refractivity contribution in [1.82, 2.24) is 24.5 Å². The highest BCUT2D eigenvalue weighted by Gasteiger charge is 2.31. The number of anilines is 2. The van der Waals surface area contributed by atoms with E-state index in [1.165, 1.54) is 6.42 Å². The van der Waals surface area contributed by atoms with Crippen molar-refractivity contribution in [3.05, 3.63) is 18.7 Å². The Morgan fingerprint density at radius 1 is 1.25 bits per heavy atom. The van der Waals surface area contributed by atoms with Crippen molar-refractivity contribution in [2.75, 3.05) is 10.6 Å². The Labute approximate surface area is 117 Å². The summed E-state index contributed by atoms with van der Waals surface area (Å²) >= 11 is 0. The molecule has 0 aliphatic carbocycles. The minimum atomic E-state index is 0.243. The average molecular weight is 273 g/mol. The van der Waals surface area contributed by atoms with Crippen LogP contribution in [0.2, 0.25) is 0 Å². The maximum Gasteiger partial charge on any atom is 0.241 e.